The molecule has 1 fully saturated rings. The molecule has 8 nitrogen and oxygen atoms in total. The fourth-order valence-electron chi connectivity index (χ4n) is 3.62. The van der Waals surface area contributed by atoms with Gasteiger partial charge in [0.05, 0.1) is 18.1 Å². The van der Waals surface area contributed by atoms with Gasteiger partial charge in [-0.15, -0.1) is 0 Å². The molecule has 3 aromatic rings. The average molecular weight is 416 g/mol. The Morgan fingerprint density at radius 3 is 2.62 bits per heavy atom. The fourth-order valence-corrected chi connectivity index (χ4v) is 5.25. The highest BCUT2D eigenvalue weighted by Crippen LogP contribution is 2.38. The zero-order chi connectivity index (χ0) is 20.6. The molecule has 0 bridgehead atoms. The molecule has 29 heavy (non-hydrogen) atoms. The van der Waals surface area contributed by atoms with Gasteiger partial charge in [0.15, 0.2) is 5.03 Å². The third-order valence-electron chi connectivity index (χ3n) is 5.02. The molecule has 4 rings (SSSR count). The van der Waals surface area contributed by atoms with Gasteiger partial charge < -0.3 is 10.3 Å². The molecule has 1 saturated heterocycles. The maximum absolute atomic E-state index is 13.4. The van der Waals surface area contributed by atoms with Crippen LogP contribution in [0, 0.1) is 5.82 Å². The van der Waals surface area contributed by atoms with E-state index in [0.717, 1.165) is 12.8 Å². The number of halogens is 1. The molecule has 0 amide bonds. The van der Waals surface area contributed by atoms with Gasteiger partial charge in [-0.3, -0.25) is 0 Å². The number of nitrogens with zero attached hydrogens (tertiary/aromatic N) is 5. The molecule has 3 heterocycles. The molecular formula is C19H21FN6O2S. The van der Waals surface area contributed by atoms with Gasteiger partial charge in [0.2, 0.25) is 5.95 Å². The van der Waals surface area contributed by atoms with E-state index < -0.39 is 16.1 Å². The van der Waals surface area contributed by atoms with E-state index in [2.05, 4.69) is 15.0 Å². The summed E-state index contributed by atoms with van der Waals surface area (Å²) in [6.45, 7) is 0.357. The molecular weight excluding hydrogens is 395 g/mol. The fraction of sp³-hybridized carbons (Fsp3) is 0.316. The standard InChI is InChI=1S/C19H21FN6O2S/c1-25-11-17(23-12-25)29(27,28)26-9-3-2-4-16(26)18-15(10-22-19(21)24-18)13-5-7-14(20)8-6-13/h5-8,10-12,16H,2-4,9H2,1H3,(H2,21,22,24). The van der Waals surface area contributed by atoms with Crippen molar-refractivity contribution in [3.8, 4) is 11.1 Å². The first-order valence-electron chi connectivity index (χ1n) is 9.24. The number of nitrogen functional groups attached to an aromatic ring is 1. The number of hydrogen-bond donors (Lipinski definition) is 1. The monoisotopic (exact) mass is 416 g/mol. The molecule has 1 aromatic carbocycles. The number of hydrogen-bond acceptors (Lipinski definition) is 6. The predicted octanol–water partition coefficient (Wildman–Crippen LogP) is 2.51. The third-order valence-corrected chi connectivity index (χ3v) is 6.81. The van der Waals surface area contributed by atoms with Gasteiger partial charge >= 0.3 is 0 Å². The Balaban J connectivity index is 1.82. The Morgan fingerprint density at radius 1 is 1.17 bits per heavy atom. The lowest BCUT2D eigenvalue weighted by Crippen LogP contribution is -2.39. The van der Waals surface area contributed by atoms with E-state index in [9.17, 15) is 12.8 Å². The van der Waals surface area contributed by atoms with E-state index in [1.807, 2.05) is 0 Å². The largest absolute Gasteiger partial charge is 0.368 e. The van der Waals surface area contributed by atoms with Crippen LogP contribution in [0.3, 0.4) is 0 Å². The second-order valence-corrected chi connectivity index (χ2v) is 8.88. The number of anilines is 1. The molecule has 0 aliphatic carbocycles. The SMILES string of the molecule is Cn1cnc(S(=O)(=O)N2CCCCC2c2nc(N)ncc2-c2ccc(F)cc2)c1. The van der Waals surface area contributed by atoms with Crippen LogP contribution in [0.2, 0.25) is 0 Å². The van der Waals surface area contributed by atoms with E-state index in [1.54, 1.807) is 29.9 Å². The third kappa shape index (κ3) is 3.73. The van der Waals surface area contributed by atoms with Crippen molar-refractivity contribution in [2.24, 2.45) is 7.05 Å². The van der Waals surface area contributed by atoms with Crippen LogP contribution in [0.4, 0.5) is 10.3 Å². The normalized spacial score (nSPS) is 18.1. The van der Waals surface area contributed by atoms with Crippen molar-refractivity contribution in [3.05, 3.63) is 54.5 Å². The van der Waals surface area contributed by atoms with Crippen molar-refractivity contribution in [2.75, 3.05) is 12.3 Å². The quantitative estimate of drug-likeness (QED) is 0.700. The minimum atomic E-state index is -3.82. The summed E-state index contributed by atoms with van der Waals surface area (Å²) in [4.78, 5) is 12.5. The molecule has 0 spiro atoms. The lowest BCUT2D eigenvalue weighted by molar-refractivity contribution is 0.251. The smallest absolute Gasteiger partial charge is 0.262 e. The Hall–Kier alpha value is -2.85. The highest BCUT2D eigenvalue weighted by molar-refractivity contribution is 7.89. The molecule has 1 aliphatic heterocycles. The van der Waals surface area contributed by atoms with Crippen LogP contribution in [0.1, 0.15) is 31.0 Å². The molecule has 10 heteroatoms. The molecule has 1 atom stereocenters. The maximum atomic E-state index is 13.4. The average Bonchev–Trinajstić information content (AvgIpc) is 3.16. The van der Waals surface area contributed by atoms with Crippen LogP contribution in [0.15, 0.2) is 48.0 Å². The van der Waals surface area contributed by atoms with Gasteiger partial charge in [-0.05, 0) is 30.5 Å². The number of nitrogens with two attached hydrogens (primary N) is 1. The summed E-state index contributed by atoms with van der Waals surface area (Å²) in [5.41, 5.74) is 7.68. The van der Waals surface area contributed by atoms with Crippen molar-refractivity contribution in [3.63, 3.8) is 0 Å². The Morgan fingerprint density at radius 2 is 1.93 bits per heavy atom. The number of benzene rings is 1. The number of rotatable bonds is 4. The first-order valence-corrected chi connectivity index (χ1v) is 10.7. The number of piperidine rings is 1. The lowest BCUT2D eigenvalue weighted by atomic mass is 9.95. The topological polar surface area (TPSA) is 107 Å². The van der Waals surface area contributed by atoms with Crippen LogP contribution >= 0.6 is 0 Å². The van der Waals surface area contributed by atoms with Crippen LogP contribution in [-0.4, -0.2) is 38.8 Å². The Bertz CT molecular complexity index is 1130. The zero-order valence-corrected chi connectivity index (χ0v) is 16.7. The second-order valence-electron chi connectivity index (χ2n) is 7.04. The molecule has 1 aliphatic rings. The van der Waals surface area contributed by atoms with E-state index in [-0.39, 0.29) is 16.8 Å². The molecule has 0 saturated carbocycles. The van der Waals surface area contributed by atoms with E-state index >= 15 is 0 Å². The molecule has 2 aromatic heterocycles. The van der Waals surface area contributed by atoms with Crippen LogP contribution in [-0.2, 0) is 17.1 Å². The zero-order valence-electron chi connectivity index (χ0n) is 15.9. The van der Waals surface area contributed by atoms with Crippen molar-refractivity contribution >= 4 is 16.0 Å². The van der Waals surface area contributed by atoms with Gasteiger partial charge in [0, 0.05) is 31.5 Å². The minimum Gasteiger partial charge on any atom is -0.368 e. The van der Waals surface area contributed by atoms with Crippen molar-refractivity contribution < 1.29 is 12.8 Å². The highest BCUT2D eigenvalue weighted by Gasteiger charge is 2.37. The number of imidazole rings is 1. The molecule has 152 valence electrons. The first-order chi connectivity index (χ1) is 13.9. The van der Waals surface area contributed by atoms with Crippen LogP contribution in [0.25, 0.3) is 11.1 Å². The van der Waals surface area contributed by atoms with E-state index in [1.165, 1.54) is 29.0 Å². The summed E-state index contributed by atoms with van der Waals surface area (Å²) in [5.74, 6) is -0.296. The molecule has 2 N–H and O–H groups in total. The predicted molar refractivity (Wildman–Crippen MR) is 106 cm³/mol. The van der Waals surface area contributed by atoms with Gasteiger partial charge in [0.25, 0.3) is 10.0 Å². The van der Waals surface area contributed by atoms with Crippen LogP contribution in [0.5, 0.6) is 0 Å². The summed E-state index contributed by atoms with van der Waals surface area (Å²) in [7, 11) is -2.10. The van der Waals surface area contributed by atoms with E-state index in [0.29, 0.717) is 29.8 Å². The van der Waals surface area contributed by atoms with Crippen molar-refractivity contribution in [1.82, 2.24) is 23.8 Å². The Labute approximate surface area is 168 Å². The van der Waals surface area contributed by atoms with Crippen molar-refractivity contribution in [1.29, 1.82) is 0 Å². The van der Waals surface area contributed by atoms with Crippen LogP contribution < -0.4 is 5.73 Å². The van der Waals surface area contributed by atoms with Gasteiger partial charge in [0.1, 0.15) is 5.82 Å². The van der Waals surface area contributed by atoms with Crippen molar-refractivity contribution in [2.45, 2.75) is 30.3 Å². The number of sulfonamides is 1. The van der Waals surface area contributed by atoms with E-state index in [4.69, 9.17) is 5.73 Å². The molecule has 0 radical (unpaired) electrons. The summed E-state index contributed by atoms with van der Waals surface area (Å²) in [6.07, 6.45) is 6.69. The van der Waals surface area contributed by atoms with Gasteiger partial charge in [-0.2, -0.15) is 4.31 Å². The van der Waals surface area contributed by atoms with Gasteiger partial charge in [-0.25, -0.2) is 27.8 Å². The Kier molecular flexibility index (Phi) is 5.05. The first kappa shape index (κ1) is 19.5. The number of aryl methyl sites for hydroxylation is 1. The molecule has 1 unspecified atom stereocenters. The maximum Gasteiger partial charge on any atom is 0.262 e. The summed E-state index contributed by atoms with van der Waals surface area (Å²) in [5, 5.41) is -0.00254. The second kappa shape index (κ2) is 7.53. The summed E-state index contributed by atoms with van der Waals surface area (Å²) in [6, 6.07) is 5.42. The highest BCUT2D eigenvalue weighted by atomic mass is 32.2. The minimum absolute atomic E-state index is 0.00254. The summed E-state index contributed by atoms with van der Waals surface area (Å²) < 4.78 is 43.0. The summed E-state index contributed by atoms with van der Waals surface area (Å²) >= 11 is 0. The van der Waals surface area contributed by atoms with Gasteiger partial charge in [-0.1, -0.05) is 18.6 Å². The number of aromatic nitrogens is 4. The lowest BCUT2D eigenvalue weighted by Gasteiger charge is -2.34.